The molecule has 3 heterocycles. The third-order valence-corrected chi connectivity index (χ3v) is 5.57. The van der Waals surface area contributed by atoms with E-state index in [1.807, 2.05) is 53.9 Å². The minimum Gasteiger partial charge on any atom is -0.378 e. The summed E-state index contributed by atoms with van der Waals surface area (Å²) in [7, 11) is 1.96. The molecule has 0 saturated heterocycles. The molecule has 1 N–H and O–H groups in total. The van der Waals surface area contributed by atoms with E-state index in [0.29, 0.717) is 6.54 Å². The van der Waals surface area contributed by atoms with Gasteiger partial charge in [-0.3, -0.25) is 9.25 Å². The molecule has 6 nitrogen and oxygen atoms in total. The fourth-order valence-corrected chi connectivity index (χ4v) is 3.90. The predicted molar refractivity (Wildman–Crippen MR) is 124 cm³/mol. The largest absolute Gasteiger partial charge is 0.378 e. The van der Waals surface area contributed by atoms with E-state index in [0.717, 1.165) is 45.1 Å². The van der Waals surface area contributed by atoms with Crippen molar-refractivity contribution >= 4 is 16.6 Å². The van der Waals surface area contributed by atoms with Crippen LogP contribution in [0, 0.1) is 13.8 Å². The molecule has 0 amide bonds. The van der Waals surface area contributed by atoms with E-state index in [-0.39, 0.29) is 0 Å². The lowest BCUT2D eigenvalue weighted by molar-refractivity contribution is 0.797. The first-order chi connectivity index (χ1) is 15.1. The van der Waals surface area contributed by atoms with Gasteiger partial charge in [0.15, 0.2) is 0 Å². The number of nitrogens with one attached hydrogen (secondary N) is 1. The highest BCUT2D eigenvalue weighted by Gasteiger charge is 2.11. The highest BCUT2D eigenvalue weighted by atomic mass is 15.2. The van der Waals surface area contributed by atoms with Gasteiger partial charge in [0, 0.05) is 36.2 Å². The number of aromatic nitrogens is 5. The van der Waals surface area contributed by atoms with Gasteiger partial charge in [-0.25, -0.2) is 9.97 Å². The first-order valence-corrected chi connectivity index (χ1v) is 10.3. The molecule has 31 heavy (non-hydrogen) atoms. The van der Waals surface area contributed by atoms with Crippen LogP contribution in [0.3, 0.4) is 0 Å². The van der Waals surface area contributed by atoms with Gasteiger partial charge in [0.25, 0.3) is 0 Å². The van der Waals surface area contributed by atoms with Crippen LogP contribution in [0.5, 0.6) is 0 Å². The second kappa shape index (κ2) is 7.72. The highest BCUT2D eigenvalue weighted by Crippen LogP contribution is 2.26. The third-order valence-electron chi connectivity index (χ3n) is 5.57. The van der Waals surface area contributed by atoms with Gasteiger partial charge < -0.3 is 5.32 Å². The van der Waals surface area contributed by atoms with Crippen LogP contribution in [0.2, 0.25) is 0 Å². The molecule has 0 saturated carbocycles. The summed E-state index contributed by atoms with van der Waals surface area (Å²) in [6, 6.07) is 18.9. The number of hydrogen-bond acceptors (Lipinski definition) is 4. The molecule has 0 bridgehead atoms. The van der Waals surface area contributed by atoms with Crippen LogP contribution in [0.1, 0.15) is 17.1 Å². The van der Waals surface area contributed by atoms with Gasteiger partial charge in [-0.1, -0.05) is 24.3 Å². The summed E-state index contributed by atoms with van der Waals surface area (Å²) in [4.78, 5) is 9.34. The molecule has 0 aliphatic carbocycles. The highest BCUT2D eigenvalue weighted by molar-refractivity contribution is 5.84. The average Bonchev–Trinajstić information content (AvgIpc) is 3.39. The Morgan fingerprint density at radius 3 is 2.71 bits per heavy atom. The number of aryl methyl sites for hydroxylation is 3. The molecule has 5 rings (SSSR count). The molecular weight excluding hydrogens is 384 g/mol. The maximum Gasteiger partial charge on any atom is 0.138 e. The van der Waals surface area contributed by atoms with Crippen molar-refractivity contribution in [2.45, 2.75) is 20.4 Å². The van der Waals surface area contributed by atoms with E-state index in [2.05, 4.69) is 64.8 Å². The Labute approximate surface area is 181 Å². The van der Waals surface area contributed by atoms with E-state index in [1.165, 1.54) is 5.56 Å². The van der Waals surface area contributed by atoms with E-state index in [9.17, 15) is 0 Å². The van der Waals surface area contributed by atoms with Crippen molar-refractivity contribution in [1.82, 2.24) is 24.3 Å². The van der Waals surface area contributed by atoms with E-state index in [1.54, 1.807) is 0 Å². The number of imidazole rings is 1. The molecular formula is C25H24N6. The lowest BCUT2D eigenvalue weighted by atomic mass is 10.0. The fourth-order valence-electron chi connectivity index (χ4n) is 3.90. The molecule has 0 spiro atoms. The van der Waals surface area contributed by atoms with Crippen LogP contribution >= 0.6 is 0 Å². The molecule has 6 heteroatoms. The molecule has 0 fully saturated rings. The average molecular weight is 409 g/mol. The van der Waals surface area contributed by atoms with Crippen molar-refractivity contribution in [1.29, 1.82) is 0 Å². The van der Waals surface area contributed by atoms with Crippen molar-refractivity contribution < 1.29 is 0 Å². The maximum atomic E-state index is 4.78. The van der Waals surface area contributed by atoms with Crippen LogP contribution < -0.4 is 5.32 Å². The lowest BCUT2D eigenvalue weighted by Gasteiger charge is -2.13. The minimum absolute atomic E-state index is 0.616. The Balaban J connectivity index is 1.48. The molecule has 3 aromatic heterocycles. The Morgan fingerprint density at radius 2 is 1.84 bits per heavy atom. The summed E-state index contributed by atoms with van der Waals surface area (Å²) in [5.74, 6) is 1.77. The van der Waals surface area contributed by atoms with Gasteiger partial charge in [0.2, 0.25) is 0 Å². The SMILES string of the molecule is Cc1cc(-c2ccc3c(cnn3C)c2)cc(-n2ccnc2CNc2ccccc2C)n1. The normalized spacial score (nSPS) is 11.2. The number of fused-ring (bicyclic) bond motifs is 1. The summed E-state index contributed by atoms with van der Waals surface area (Å²) < 4.78 is 3.94. The maximum absolute atomic E-state index is 4.78. The number of para-hydroxylation sites is 1. The van der Waals surface area contributed by atoms with E-state index < -0.39 is 0 Å². The van der Waals surface area contributed by atoms with Crippen LogP contribution in [-0.2, 0) is 13.6 Å². The topological polar surface area (TPSA) is 60.6 Å². The molecule has 154 valence electrons. The Hall–Kier alpha value is -3.93. The molecule has 0 atom stereocenters. The summed E-state index contributed by atoms with van der Waals surface area (Å²) in [5.41, 5.74) is 6.67. The van der Waals surface area contributed by atoms with E-state index >= 15 is 0 Å². The van der Waals surface area contributed by atoms with Gasteiger partial charge in [-0.05, 0) is 60.9 Å². The fraction of sp³-hybridized carbons (Fsp3) is 0.160. The standard InChI is InChI=1S/C25H24N6/c1-17-6-4-5-7-22(17)27-16-25-26-10-11-31(25)24-14-20(12-18(2)29-24)19-8-9-23-21(13-19)15-28-30(23)3/h4-15,27H,16H2,1-3H3. The molecule has 0 unspecified atom stereocenters. The molecule has 2 aromatic carbocycles. The molecule has 0 aliphatic rings. The zero-order chi connectivity index (χ0) is 21.4. The van der Waals surface area contributed by atoms with Gasteiger partial charge >= 0.3 is 0 Å². The number of anilines is 1. The van der Waals surface area contributed by atoms with Crippen LogP contribution in [-0.4, -0.2) is 24.3 Å². The van der Waals surface area contributed by atoms with Crippen molar-refractivity contribution in [2.24, 2.45) is 7.05 Å². The Kier molecular flexibility index (Phi) is 4.75. The van der Waals surface area contributed by atoms with Crippen molar-refractivity contribution in [3.8, 4) is 16.9 Å². The molecule has 5 aromatic rings. The second-order valence-corrected chi connectivity index (χ2v) is 7.78. The molecule has 0 radical (unpaired) electrons. The number of rotatable bonds is 5. The first kappa shape index (κ1) is 19.1. The Morgan fingerprint density at radius 1 is 0.968 bits per heavy atom. The number of nitrogens with zero attached hydrogens (tertiary/aromatic N) is 5. The van der Waals surface area contributed by atoms with Gasteiger partial charge in [0.1, 0.15) is 11.6 Å². The zero-order valence-electron chi connectivity index (χ0n) is 17.9. The van der Waals surface area contributed by atoms with Crippen molar-refractivity contribution in [3.05, 3.63) is 90.3 Å². The smallest absolute Gasteiger partial charge is 0.138 e. The van der Waals surface area contributed by atoms with Gasteiger partial charge in [0.05, 0.1) is 18.3 Å². The number of pyridine rings is 1. The van der Waals surface area contributed by atoms with Crippen molar-refractivity contribution in [3.63, 3.8) is 0 Å². The summed E-state index contributed by atoms with van der Waals surface area (Å²) in [6.07, 6.45) is 5.68. The van der Waals surface area contributed by atoms with Crippen LogP contribution in [0.4, 0.5) is 5.69 Å². The van der Waals surface area contributed by atoms with E-state index in [4.69, 9.17) is 4.98 Å². The van der Waals surface area contributed by atoms with Crippen molar-refractivity contribution in [2.75, 3.05) is 5.32 Å². The number of hydrogen-bond donors (Lipinski definition) is 1. The second-order valence-electron chi connectivity index (χ2n) is 7.78. The van der Waals surface area contributed by atoms with Crippen LogP contribution in [0.25, 0.3) is 27.8 Å². The Bertz CT molecular complexity index is 1380. The summed E-state index contributed by atoms with van der Waals surface area (Å²) >= 11 is 0. The lowest BCUT2D eigenvalue weighted by Crippen LogP contribution is -2.09. The quantitative estimate of drug-likeness (QED) is 0.442. The summed E-state index contributed by atoms with van der Waals surface area (Å²) in [5, 5.41) is 8.97. The zero-order valence-corrected chi connectivity index (χ0v) is 17.9. The first-order valence-electron chi connectivity index (χ1n) is 10.3. The minimum atomic E-state index is 0.616. The van der Waals surface area contributed by atoms with Gasteiger partial charge in [-0.2, -0.15) is 5.10 Å². The number of benzene rings is 2. The monoisotopic (exact) mass is 408 g/mol. The van der Waals surface area contributed by atoms with Crippen LogP contribution in [0.15, 0.2) is 73.2 Å². The van der Waals surface area contributed by atoms with Gasteiger partial charge in [-0.15, -0.1) is 0 Å². The predicted octanol–water partition coefficient (Wildman–Crippen LogP) is 5.05. The third kappa shape index (κ3) is 3.68. The summed E-state index contributed by atoms with van der Waals surface area (Å²) in [6.45, 7) is 4.74. The molecule has 0 aliphatic heterocycles.